The van der Waals surface area contributed by atoms with Crippen molar-refractivity contribution >= 4 is 23.4 Å². The summed E-state index contributed by atoms with van der Waals surface area (Å²) < 4.78 is 61.2. The maximum absolute atomic E-state index is 14.5. The van der Waals surface area contributed by atoms with Gasteiger partial charge in [-0.1, -0.05) is 35.4 Å². The van der Waals surface area contributed by atoms with Crippen molar-refractivity contribution in [2.45, 2.75) is 45.0 Å². The summed E-state index contributed by atoms with van der Waals surface area (Å²) in [6.45, 7) is 8.60. The van der Waals surface area contributed by atoms with Gasteiger partial charge in [0, 0.05) is 24.6 Å². The molecule has 1 aromatic carbocycles. The van der Waals surface area contributed by atoms with Gasteiger partial charge in [0.2, 0.25) is 10.0 Å². The molecule has 1 atom stereocenters. The number of hydrogen-bond acceptors (Lipinski definition) is 7. The van der Waals surface area contributed by atoms with Crippen molar-refractivity contribution in [3.63, 3.8) is 0 Å². The van der Waals surface area contributed by atoms with Gasteiger partial charge in [-0.05, 0) is 58.9 Å². The molecule has 1 unspecified atom stereocenters. The molecular formula is C24H32NO7PS. The lowest BCUT2D eigenvalue weighted by molar-refractivity contribution is -0.110. The van der Waals surface area contributed by atoms with Gasteiger partial charge in [0.05, 0.1) is 18.1 Å². The first-order valence-corrected chi connectivity index (χ1v) is 14.1. The number of carbonyl (C=O) groups excluding carboxylic acids is 1. The minimum Gasteiger partial charge on any atom is -0.348 e. The molecule has 186 valence electrons. The van der Waals surface area contributed by atoms with Crippen LogP contribution in [0.25, 0.3) is 0 Å². The highest BCUT2D eigenvalue weighted by Gasteiger charge is 2.71. The van der Waals surface area contributed by atoms with Crippen LogP contribution in [0, 0.1) is 12.3 Å². The second-order valence-electron chi connectivity index (χ2n) is 8.45. The molecule has 0 radical (unpaired) electrons. The van der Waals surface area contributed by atoms with E-state index in [0.717, 1.165) is 9.87 Å². The third-order valence-electron chi connectivity index (χ3n) is 5.99. The van der Waals surface area contributed by atoms with Crippen molar-refractivity contribution in [1.82, 2.24) is 4.31 Å². The summed E-state index contributed by atoms with van der Waals surface area (Å²) in [7, 11) is -7.25. The van der Waals surface area contributed by atoms with Crippen LogP contribution in [0.1, 0.15) is 33.3 Å². The first-order valence-electron chi connectivity index (χ1n) is 11.1. The minimum atomic E-state index is -4.28. The van der Waals surface area contributed by atoms with Crippen LogP contribution in [0.2, 0.25) is 0 Å². The van der Waals surface area contributed by atoms with Crippen molar-refractivity contribution in [2.75, 3.05) is 26.9 Å². The third kappa shape index (κ3) is 4.08. The van der Waals surface area contributed by atoms with Gasteiger partial charge in [-0.15, -0.1) is 0 Å². The highest BCUT2D eigenvalue weighted by Crippen LogP contribution is 2.72. The number of methoxy groups -OCH3 is 1. The predicted octanol–water partition coefficient (Wildman–Crippen LogP) is 4.58. The van der Waals surface area contributed by atoms with Crippen LogP contribution in [-0.4, -0.2) is 50.8 Å². The fourth-order valence-corrected chi connectivity index (χ4v) is 9.32. The lowest BCUT2D eigenvalue weighted by atomic mass is 9.77. The predicted molar refractivity (Wildman–Crippen MR) is 130 cm³/mol. The van der Waals surface area contributed by atoms with Gasteiger partial charge in [0.1, 0.15) is 0 Å². The Kier molecular flexibility index (Phi) is 7.58. The van der Waals surface area contributed by atoms with Crippen molar-refractivity contribution < 1.29 is 31.6 Å². The second kappa shape index (κ2) is 9.64. The smallest absolute Gasteiger partial charge is 0.348 e. The van der Waals surface area contributed by atoms with Gasteiger partial charge in [0.25, 0.3) is 5.47 Å². The molecule has 1 aliphatic carbocycles. The molecule has 1 saturated heterocycles. The van der Waals surface area contributed by atoms with Gasteiger partial charge in [-0.25, -0.2) is 8.42 Å². The van der Waals surface area contributed by atoms with Crippen molar-refractivity contribution in [3.05, 3.63) is 65.3 Å². The van der Waals surface area contributed by atoms with E-state index in [9.17, 15) is 17.8 Å². The molecule has 0 amide bonds. The maximum Gasteiger partial charge on any atom is 0.382 e. The molecule has 1 fully saturated rings. The van der Waals surface area contributed by atoms with E-state index in [1.54, 1.807) is 52.0 Å². The number of carbonyl (C=O) groups is 1. The summed E-state index contributed by atoms with van der Waals surface area (Å²) in [6, 6.07) is 6.39. The quantitative estimate of drug-likeness (QED) is 0.374. The molecule has 0 bridgehead atoms. The number of ketones is 1. The van der Waals surface area contributed by atoms with Crippen molar-refractivity contribution in [1.29, 1.82) is 0 Å². The largest absolute Gasteiger partial charge is 0.382 e. The Morgan fingerprint density at radius 1 is 1.06 bits per heavy atom. The molecule has 10 heteroatoms. The van der Waals surface area contributed by atoms with Crippen LogP contribution in [0.15, 0.2) is 64.6 Å². The third-order valence-corrected chi connectivity index (χ3v) is 10.5. The van der Waals surface area contributed by atoms with Crippen LogP contribution in [0.3, 0.4) is 0 Å². The number of allylic oxidation sites excluding steroid dienone is 3. The number of rotatable bonds is 8. The van der Waals surface area contributed by atoms with Crippen LogP contribution in [0.4, 0.5) is 0 Å². The fraction of sp³-hybridized carbons (Fsp3) is 0.458. The molecule has 34 heavy (non-hydrogen) atoms. The fourth-order valence-electron chi connectivity index (χ4n) is 4.71. The molecule has 1 heterocycles. The van der Waals surface area contributed by atoms with E-state index in [1.165, 1.54) is 31.4 Å². The molecular weight excluding hydrogens is 477 g/mol. The zero-order valence-electron chi connectivity index (χ0n) is 20.4. The zero-order chi connectivity index (χ0) is 25.4. The number of ether oxygens (including phenoxy) is 1. The Labute approximate surface area is 201 Å². The van der Waals surface area contributed by atoms with Crippen LogP contribution < -0.4 is 0 Å². The minimum absolute atomic E-state index is 0.00795. The first-order chi connectivity index (χ1) is 15.9. The number of sulfonamides is 1. The van der Waals surface area contributed by atoms with E-state index >= 15 is 0 Å². The highest BCUT2D eigenvalue weighted by molar-refractivity contribution is 7.89. The van der Waals surface area contributed by atoms with E-state index < -0.39 is 28.5 Å². The van der Waals surface area contributed by atoms with E-state index in [2.05, 4.69) is 0 Å². The van der Waals surface area contributed by atoms with Crippen molar-refractivity contribution in [2.24, 2.45) is 5.41 Å². The van der Waals surface area contributed by atoms with E-state index in [4.69, 9.17) is 13.8 Å². The van der Waals surface area contributed by atoms with Crippen molar-refractivity contribution in [3.8, 4) is 0 Å². The van der Waals surface area contributed by atoms with Gasteiger partial charge in [-0.3, -0.25) is 9.36 Å². The van der Waals surface area contributed by atoms with E-state index in [-0.39, 0.29) is 30.4 Å². The van der Waals surface area contributed by atoms with Crippen LogP contribution in [-0.2, 0) is 33.2 Å². The Hall–Kier alpha value is -1.87. The summed E-state index contributed by atoms with van der Waals surface area (Å²) in [4.78, 5) is 12.0. The Balaban J connectivity index is 2.42. The molecule has 2 aliphatic rings. The summed E-state index contributed by atoms with van der Waals surface area (Å²) in [5.74, 6) is -0.223. The molecule has 1 aliphatic heterocycles. The number of nitrogens with zero attached hydrogens (tertiary/aromatic N) is 1. The Morgan fingerprint density at radius 2 is 1.59 bits per heavy atom. The highest BCUT2D eigenvalue weighted by atomic mass is 32.2. The Bertz CT molecular complexity index is 1170. The van der Waals surface area contributed by atoms with E-state index in [0.29, 0.717) is 11.1 Å². The topological polar surface area (TPSA) is 99.2 Å². The monoisotopic (exact) mass is 509 g/mol. The average molecular weight is 510 g/mol. The number of hydrogen-bond donors (Lipinski definition) is 0. The standard InChI is InChI=1S/C24H32NO7PS/c1-7-31-33(27,32-8-2)24(30-6)22(18(3)4)23(15-13-20(26)14-16-23)17-25(24)34(28,29)21-11-9-19(5)10-12-21/h9-16H,7-8,17H2,1-6H3. The molecule has 0 N–H and O–H groups in total. The molecule has 1 spiro atoms. The SMILES string of the molecule is CCOP(=O)(OCC)C1(OC)C(=C(C)C)C2(C=CC(=O)C=C2)CN1S(=O)(=O)c1ccc(C)cc1. The first kappa shape index (κ1) is 26.7. The number of aryl methyl sites for hydroxylation is 1. The summed E-state index contributed by atoms with van der Waals surface area (Å²) in [6.07, 6.45) is 6.05. The lowest BCUT2D eigenvalue weighted by Crippen LogP contribution is -2.50. The Morgan fingerprint density at radius 3 is 2.03 bits per heavy atom. The molecule has 0 aromatic heterocycles. The van der Waals surface area contributed by atoms with Crippen LogP contribution >= 0.6 is 7.60 Å². The van der Waals surface area contributed by atoms with Gasteiger partial charge < -0.3 is 13.8 Å². The van der Waals surface area contributed by atoms with Gasteiger partial charge >= 0.3 is 7.60 Å². The van der Waals surface area contributed by atoms with Gasteiger partial charge in [0.15, 0.2) is 5.78 Å². The molecule has 3 rings (SSSR count). The van der Waals surface area contributed by atoms with E-state index in [1.807, 2.05) is 6.92 Å². The van der Waals surface area contributed by atoms with Crippen LogP contribution in [0.5, 0.6) is 0 Å². The lowest BCUT2D eigenvalue weighted by Gasteiger charge is -2.42. The second-order valence-corrected chi connectivity index (χ2v) is 12.4. The summed E-state index contributed by atoms with van der Waals surface area (Å²) >= 11 is 0. The molecule has 8 nitrogen and oxygen atoms in total. The molecule has 1 aromatic rings. The normalized spacial score (nSPS) is 22.6. The maximum atomic E-state index is 14.5. The molecule has 0 saturated carbocycles. The summed E-state index contributed by atoms with van der Waals surface area (Å²) in [5.41, 5.74) is -1.19. The average Bonchev–Trinajstić information content (AvgIpc) is 3.09. The van der Waals surface area contributed by atoms with Gasteiger partial charge in [-0.2, -0.15) is 4.31 Å². The summed E-state index contributed by atoms with van der Waals surface area (Å²) in [5, 5.41) is 0. The zero-order valence-corrected chi connectivity index (χ0v) is 22.1. The number of benzene rings is 1.